The first-order valence-electron chi connectivity index (χ1n) is 6.77. The van der Waals surface area contributed by atoms with E-state index in [2.05, 4.69) is 30.6 Å². The number of thiophene rings is 1. The van der Waals surface area contributed by atoms with Gasteiger partial charge in [0.1, 0.15) is 0 Å². The highest BCUT2D eigenvalue weighted by atomic mass is 32.1. The van der Waals surface area contributed by atoms with Crippen molar-refractivity contribution >= 4 is 17.4 Å². The van der Waals surface area contributed by atoms with E-state index in [4.69, 9.17) is 0 Å². The zero-order chi connectivity index (χ0) is 13.0. The number of urea groups is 1. The summed E-state index contributed by atoms with van der Waals surface area (Å²) in [6.07, 6.45) is 3.53. The molecule has 1 saturated heterocycles. The molecule has 1 N–H and O–H groups in total. The third kappa shape index (κ3) is 3.25. The predicted molar refractivity (Wildman–Crippen MR) is 75.9 cm³/mol. The van der Waals surface area contributed by atoms with E-state index in [1.807, 2.05) is 11.0 Å². The highest BCUT2D eigenvalue weighted by molar-refractivity contribution is 7.10. The molecular formula is C14H22N2OS. The number of hydrogen-bond acceptors (Lipinski definition) is 2. The molecular weight excluding hydrogens is 244 g/mol. The Hall–Kier alpha value is -1.03. The molecule has 1 aromatic rings. The first-order valence-corrected chi connectivity index (χ1v) is 7.65. The van der Waals surface area contributed by atoms with Crippen LogP contribution in [0.5, 0.6) is 0 Å². The van der Waals surface area contributed by atoms with E-state index in [-0.39, 0.29) is 12.1 Å². The van der Waals surface area contributed by atoms with Gasteiger partial charge in [-0.1, -0.05) is 19.9 Å². The number of carbonyl (C=O) groups excluding carboxylic acids is 1. The molecule has 1 fully saturated rings. The van der Waals surface area contributed by atoms with Gasteiger partial charge < -0.3 is 10.2 Å². The zero-order valence-electron chi connectivity index (χ0n) is 11.2. The van der Waals surface area contributed by atoms with Crippen LogP contribution in [0.4, 0.5) is 4.79 Å². The molecule has 3 nitrogen and oxygen atoms in total. The SMILES string of the molecule is CC(C)C(NC(=O)N1CCCCC1)c1cccs1. The lowest BCUT2D eigenvalue weighted by atomic mass is 10.0. The topological polar surface area (TPSA) is 32.3 Å². The second-order valence-electron chi connectivity index (χ2n) is 5.23. The Morgan fingerprint density at radius 1 is 1.33 bits per heavy atom. The summed E-state index contributed by atoms with van der Waals surface area (Å²) >= 11 is 1.71. The average molecular weight is 266 g/mol. The Kier molecular flexibility index (Phi) is 4.64. The van der Waals surface area contributed by atoms with Crippen molar-refractivity contribution in [1.82, 2.24) is 10.2 Å². The van der Waals surface area contributed by atoms with E-state index in [0.29, 0.717) is 5.92 Å². The minimum Gasteiger partial charge on any atom is -0.330 e. The van der Waals surface area contributed by atoms with Crippen LogP contribution in [0, 0.1) is 5.92 Å². The largest absolute Gasteiger partial charge is 0.330 e. The Labute approximate surface area is 113 Å². The van der Waals surface area contributed by atoms with Gasteiger partial charge in [0, 0.05) is 18.0 Å². The molecule has 1 aromatic heterocycles. The quantitative estimate of drug-likeness (QED) is 0.890. The Morgan fingerprint density at radius 2 is 2.06 bits per heavy atom. The van der Waals surface area contributed by atoms with Crippen LogP contribution in [0.1, 0.15) is 44.0 Å². The summed E-state index contributed by atoms with van der Waals surface area (Å²) in [5, 5.41) is 5.25. The number of hydrogen-bond donors (Lipinski definition) is 1. The molecule has 0 bridgehead atoms. The molecule has 1 aliphatic heterocycles. The lowest BCUT2D eigenvalue weighted by Gasteiger charge is -2.30. The Morgan fingerprint density at radius 3 is 2.61 bits per heavy atom. The fourth-order valence-electron chi connectivity index (χ4n) is 2.36. The maximum absolute atomic E-state index is 12.2. The van der Waals surface area contributed by atoms with Crippen LogP contribution in [0.3, 0.4) is 0 Å². The summed E-state index contributed by atoms with van der Waals surface area (Å²) in [7, 11) is 0. The summed E-state index contributed by atoms with van der Waals surface area (Å²) in [5.41, 5.74) is 0. The van der Waals surface area contributed by atoms with Gasteiger partial charge in [0.25, 0.3) is 0 Å². The third-order valence-electron chi connectivity index (χ3n) is 3.44. The van der Waals surface area contributed by atoms with Crippen molar-refractivity contribution in [2.75, 3.05) is 13.1 Å². The van der Waals surface area contributed by atoms with Gasteiger partial charge in [0.2, 0.25) is 0 Å². The van der Waals surface area contributed by atoms with E-state index < -0.39 is 0 Å². The van der Waals surface area contributed by atoms with E-state index in [1.54, 1.807) is 11.3 Å². The lowest BCUT2D eigenvalue weighted by Crippen LogP contribution is -2.45. The minimum atomic E-state index is 0.0989. The molecule has 2 heterocycles. The molecule has 4 heteroatoms. The predicted octanol–water partition coefficient (Wildman–Crippen LogP) is 3.64. The highest BCUT2D eigenvalue weighted by Crippen LogP contribution is 2.26. The molecule has 18 heavy (non-hydrogen) atoms. The highest BCUT2D eigenvalue weighted by Gasteiger charge is 2.23. The summed E-state index contributed by atoms with van der Waals surface area (Å²) < 4.78 is 0. The Bertz CT molecular complexity index is 369. The maximum Gasteiger partial charge on any atom is 0.317 e. The van der Waals surface area contributed by atoms with Crippen LogP contribution in [0.2, 0.25) is 0 Å². The zero-order valence-corrected chi connectivity index (χ0v) is 12.0. The summed E-state index contributed by atoms with van der Waals surface area (Å²) in [4.78, 5) is 15.4. The van der Waals surface area contributed by atoms with E-state index in [1.165, 1.54) is 11.3 Å². The monoisotopic (exact) mass is 266 g/mol. The number of rotatable bonds is 3. The molecule has 2 rings (SSSR count). The van der Waals surface area contributed by atoms with Crippen LogP contribution < -0.4 is 5.32 Å². The van der Waals surface area contributed by atoms with Gasteiger partial charge in [-0.05, 0) is 36.6 Å². The third-order valence-corrected chi connectivity index (χ3v) is 4.39. The standard InChI is InChI=1S/C14H22N2OS/c1-11(2)13(12-7-6-10-18-12)15-14(17)16-8-4-3-5-9-16/h6-7,10-11,13H,3-5,8-9H2,1-2H3,(H,15,17). The number of piperidine rings is 1. The molecule has 1 atom stereocenters. The first-order chi connectivity index (χ1) is 8.68. The van der Waals surface area contributed by atoms with E-state index in [9.17, 15) is 4.79 Å². The van der Waals surface area contributed by atoms with Crippen LogP contribution in [0.15, 0.2) is 17.5 Å². The normalized spacial score (nSPS) is 17.8. The van der Waals surface area contributed by atoms with Crippen LogP contribution in [0.25, 0.3) is 0 Å². The van der Waals surface area contributed by atoms with Gasteiger partial charge in [-0.15, -0.1) is 11.3 Å². The molecule has 1 unspecified atom stereocenters. The summed E-state index contributed by atoms with van der Waals surface area (Å²) in [5.74, 6) is 0.414. The molecule has 0 aromatic carbocycles. The van der Waals surface area contributed by atoms with Crippen molar-refractivity contribution in [2.45, 2.75) is 39.2 Å². The van der Waals surface area contributed by atoms with Gasteiger partial charge in [0.05, 0.1) is 6.04 Å². The molecule has 0 radical (unpaired) electrons. The number of nitrogens with one attached hydrogen (secondary N) is 1. The van der Waals surface area contributed by atoms with Gasteiger partial charge in [-0.3, -0.25) is 0 Å². The smallest absolute Gasteiger partial charge is 0.317 e. The molecule has 0 saturated carbocycles. The van der Waals surface area contributed by atoms with Crippen LogP contribution in [-0.2, 0) is 0 Å². The minimum absolute atomic E-state index is 0.0989. The van der Waals surface area contributed by atoms with Crippen LogP contribution >= 0.6 is 11.3 Å². The van der Waals surface area contributed by atoms with E-state index >= 15 is 0 Å². The molecule has 1 aliphatic rings. The fraction of sp³-hybridized carbons (Fsp3) is 0.643. The number of nitrogens with zero attached hydrogens (tertiary/aromatic N) is 1. The van der Waals surface area contributed by atoms with E-state index in [0.717, 1.165) is 25.9 Å². The van der Waals surface area contributed by atoms with Crippen molar-refractivity contribution in [2.24, 2.45) is 5.92 Å². The first kappa shape index (κ1) is 13.4. The number of likely N-dealkylation sites (tertiary alicyclic amines) is 1. The van der Waals surface area contributed by atoms with Gasteiger partial charge in [-0.2, -0.15) is 0 Å². The fourth-order valence-corrected chi connectivity index (χ4v) is 3.30. The summed E-state index contributed by atoms with van der Waals surface area (Å²) in [6, 6.07) is 4.38. The Balaban J connectivity index is 1.98. The van der Waals surface area contributed by atoms with Crippen molar-refractivity contribution < 1.29 is 4.79 Å². The molecule has 100 valence electrons. The van der Waals surface area contributed by atoms with Crippen molar-refractivity contribution in [3.05, 3.63) is 22.4 Å². The summed E-state index contributed by atoms with van der Waals surface area (Å²) in [6.45, 7) is 6.11. The second kappa shape index (κ2) is 6.23. The van der Waals surface area contributed by atoms with Crippen LogP contribution in [-0.4, -0.2) is 24.0 Å². The van der Waals surface area contributed by atoms with Gasteiger partial charge in [-0.25, -0.2) is 4.79 Å². The van der Waals surface area contributed by atoms with Gasteiger partial charge >= 0.3 is 6.03 Å². The van der Waals surface area contributed by atoms with Gasteiger partial charge in [0.15, 0.2) is 0 Å². The molecule has 0 aliphatic carbocycles. The second-order valence-corrected chi connectivity index (χ2v) is 6.21. The average Bonchev–Trinajstić information content (AvgIpc) is 2.90. The maximum atomic E-state index is 12.2. The van der Waals surface area contributed by atoms with Crippen molar-refractivity contribution in [3.63, 3.8) is 0 Å². The van der Waals surface area contributed by atoms with Crippen molar-refractivity contribution in [1.29, 1.82) is 0 Å². The number of amides is 2. The molecule has 2 amide bonds. The lowest BCUT2D eigenvalue weighted by molar-refractivity contribution is 0.179. The number of carbonyl (C=O) groups is 1. The molecule has 0 spiro atoms. The van der Waals surface area contributed by atoms with Crippen molar-refractivity contribution in [3.8, 4) is 0 Å².